The van der Waals surface area contributed by atoms with Gasteiger partial charge in [-0.3, -0.25) is 5.10 Å². The molecule has 2 heterocycles. The number of halogens is 1. The molecule has 1 aliphatic carbocycles. The van der Waals surface area contributed by atoms with Crippen molar-refractivity contribution in [1.82, 2.24) is 20.2 Å². The van der Waals surface area contributed by atoms with Crippen LogP contribution in [-0.2, 0) is 0 Å². The Labute approximate surface area is 144 Å². The number of benzene rings is 1. The van der Waals surface area contributed by atoms with Crippen LogP contribution in [0, 0.1) is 6.92 Å². The number of H-pyrrole nitrogens is 1. The molecule has 4 rings (SSSR count). The molecule has 0 aliphatic heterocycles. The number of hydrogen-bond donors (Lipinski definition) is 3. The van der Waals surface area contributed by atoms with Crippen molar-refractivity contribution in [3.8, 4) is 0 Å². The van der Waals surface area contributed by atoms with Gasteiger partial charge in [0.25, 0.3) is 0 Å². The molecule has 1 aromatic carbocycles. The minimum atomic E-state index is 0.489. The van der Waals surface area contributed by atoms with Crippen molar-refractivity contribution in [2.45, 2.75) is 25.7 Å². The molecule has 3 N–H and O–H groups in total. The standard InChI is InChI=1S/C17H17ClN6/c1-10-8-15(21-16-9-14(23-24-16)11-6-7-11)22-17(19-10)20-13-5-3-2-4-12(13)18/h2-5,8-9,11H,6-7H2,1H3,(H3,19,20,21,22,23,24). The predicted octanol–water partition coefficient (Wildman–Crippen LogP) is 4.53. The number of anilines is 4. The molecule has 1 saturated carbocycles. The zero-order valence-corrected chi connectivity index (χ0v) is 13.9. The minimum Gasteiger partial charge on any atom is -0.323 e. The number of para-hydroxylation sites is 1. The van der Waals surface area contributed by atoms with Crippen LogP contribution in [0.3, 0.4) is 0 Å². The lowest BCUT2D eigenvalue weighted by Crippen LogP contribution is -2.02. The fraction of sp³-hybridized carbons (Fsp3) is 0.235. The molecule has 0 spiro atoms. The van der Waals surface area contributed by atoms with E-state index in [-0.39, 0.29) is 0 Å². The zero-order valence-electron chi connectivity index (χ0n) is 13.2. The summed E-state index contributed by atoms with van der Waals surface area (Å²) in [7, 11) is 0. The predicted molar refractivity (Wildman–Crippen MR) is 95.3 cm³/mol. The monoisotopic (exact) mass is 340 g/mol. The number of aromatic nitrogens is 4. The van der Waals surface area contributed by atoms with E-state index < -0.39 is 0 Å². The molecule has 6 nitrogen and oxygen atoms in total. The van der Waals surface area contributed by atoms with E-state index in [4.69, 9.17) is 11.6 Å². The van der Waals surface area contributed by atoms with E-state index in [0.717, 1.165) is 17.2 Å². The molecule has 0 radical (unpaired) electrons. The summed E-state index contributed by atoms with van der Waals surface area (Å²) in [4.78, 5) is 8.90. The first-order valence-corrected chi connectivity index (χ1v) is 8.25. The summed E-state index contributed by atoms with van der Waals surface area (Å²) < 4.78 is 0. The first-order chi connectivity index (χ1) is 11.7. The Morgan fingerprint density at radius 2 is 1.92 bits per heavy atom. The van der Waals surface area contributed by atoms with Crippen LogP contribution in [-0.4, -0.2) is 20.2 Å². The van der Waals surface area contributed by atoms with Gasteiger partial charge in [-0.15, -0.1) is 0 Å². The normalized spacial score (nSPS) is 13.8. The number of aromatic amines is 1. The molecule has 0 bridgehead atoms. The van der Waals surface area contributed by atoms with E-state index in [1.54, 1.807) is 0 Å². The summed E-state index contributed by atoms with van der Waals surface area (Å²) in [6.07, 6.45) is 2.47. The van der Waals surface area contributed by atoms with Crippen molar-refractivity contribution in [3.63, 3.8) is 0 Å². The summed E-state index contributed by atoms with van der Waals surface area (Å²) in [6, 6.07) is 11.4. The number of hydrogen-bond acceptors (Lipinski definition) is 5. The Morgan fingerprint density at radius 3 is 2.71 bits per heavy atom. The van der Waals surface area contributed by atoms with Gasteiger partial charge in [-0.05, 0) is 31.9 Å². The van der Waals surface area contributed by atoms with Gasteiger partial charge in [-0.25, -0.2) is 4.98 Å². The van der Waals surface area contributed by atoms with Crippen LogP contribution < -0.4 is 10.6 Å². The van der Waals surface area contributed by atoms with Gasteiger partial charge >= 0.3 is 0 Å². The molecule has 2 aromatic heterocycles. The van der Waals surface area contributed by atoms with Gasteiger partial charge in [0.15, 0.2) is 5.82 Å². The second-order valence-electron chi connectivity index (χ2n) is 5.93. The lowest BCUT2D eigenvalue weighted by atomic mass is 10.3. The summed E-state index contributed by atoms with van der Waals surface area (Å²) in [5.74, 6) is 2.57. The fourth-order valence-corrected chi connectivity index (χ4v) is 2.69. The number of aryl methyl sites for hydroxylation is 1. The second-order valence-corrected chi connectivity index (χ2v) is 6.34. The molecular formula is C17H17ClN6. The van der Waals surface area contributed by atoms with Crippen LogP contribution in [0.2, 0.25) is 5.02 Å². The van der Waals surface area contributed by atoms with Crippen molar-refractivity contribution in [1.29, 1.82) is 0 Å². The Kier molecular flexibility index (Phi) is 3.82. The van der Waals surface area contributed by atoms with Gasteiger partial charge in [0, 0.05) is 29.4 Å². The Hall–Kier alpha value is -2.60. The minimum absolute atomic E-state index is 0.489. The van der Waals surface area contributed by atoms with E-state index in [0.29, 0.717) is 22.7 Å². The van der Waals surface area contributed by atoms with Crippen LogP contribution >= 0.6 is 11.6 Å². The Balaban J connectivity index is 1.55. The van der Waals surface area contributed by atoms with E-state index in [9.17, 15) is 0 Å². The summed E-state index contributed by atoms with van der Waals surface area (Å²) in [5, 5.41) is 14.4. The highest BCUT2D eigenvalue weighted by Crippen LogP contribution is 2.39. The summed E-state index contributed by atoms with van der Waals surface area (Å²) in [5.41, 5.74) is 2.80. The molecule has 7 heteroatoms. The number of rotatable bonds is 5. The SMILES string of the molecule is Cc1cc(Nc2cc(C3CC3)[nH]n2)nc(Nc2ccccc2Cl)n1. The molecule has 0 amide bonds. The number of nitrogens with zero attached hydrogens (tertiary/aromatic N) is 3. The molecule has 1 fully saturated rings. The summed E-state index contributed by atoms with van der Waals surface area (Å²) >= 11 is 6.17. The quantitative estimate of drug-likeness (QED) is 0.636. The molecule has 3 aromatic rings. The highest BCUT2D eigenvalue weighted by Gasteiger charge is 2.25. The highest BCUT2D eigenvalue weighted by molar-refractivity contribution is 6.33. The molecular weight excluding hydrogens is 324 g/mol. The highest BCUT2D eigenvalue weighted by atomic mass is 35.5. The van der Waals surface area contributed by atoms with Gasteiger partial charge < -0.3 is 10.6 Å². The zero-order chi connectivity index (χ0) is 16.5. The van der Waals surface area contributed by atoms with Gasteiger partial charge in [-0.2, -0.15) is 10.1 Å². The first-order valence-electron chi connectivity index (χ1n) is 7.87. The van der Waals surface area contributed by atoms with Gasteiger partial charge in [-0.1, -0.05) is 23.7 Å². The lowest BCUT2D eigenvalue weighted by Gasteiger charge is -2.09. The molecule has 0 unspecified atom stereocenters. The molecule has 1 aliphatic rings. The molecule has 122 valence electrons. The smallest absolute Gasteiger partial charge is 0.229 e. The third-order valence-corrected chi connectivity index (χ3v) is 4.18. The van der Waals surface area contributed by atoms with E-state index in [2.05, 4.69) is 30.8 Å². The van der Waals surface area contributed by atoms with E-state index in [1.165, 1.54) is 18.5 Å². The molecule has 0 atom stereocenters. The van der Waals surface area contributed by atoms with Gasteiger partial charge in [0.2, 0.25) is 5.95 Å². The topological polar surface area (TPSA) is 78.5 Å². The maximum Gasteiger partial charge on any atom is 0.229 e. The second kappa shape index (κ2) is 6.13. The third-order valence-electron chi connectivity index (χ3n) is 3.85. The third kappa shape index (κ3) is 3.33. The van der Waals surface area contributed by atoms with Crippen LogP contribution in [0.1, 0.15) is 30.1 Å². The average molecular weight is 341 g/mol. The first kappa shape index (κ1) is 15.0. The van der Waals surface area contributed by atoms with Gasteiger partial charge in [0.1, 0.15) is 5.82 Å². The average Bonchev–Trinajstić information content (AvgIpc) is 3.29. The molecule has 24 heavy (non-hydrogen) atoms. The van der Waals surface area contributed by atoms with Crippen molar-refractivity contribution >= 4 is 34.9 Å². The largest absolute Gasteiger partial charge is 0.323 e. The Bertz CT molecular complexity index is 871. The van der Waals surface area contributed by atoms with Crippen molar-refractivity contribution in [2.75, 3.05) is 10.6 Å². The number of nitrogens with one attached hydrogen (secondary N) is 3. The van der Waals surface area contributed by atoms with E-state index >= 15 is 0 Å². The van der Waals surface area contributed by atoms with Crippen LogP contribution in [0.25, 0.3) is 0 Å². The van der Waals surface area contributed by atoms with Crippen molar-refractivity contribution < 1.29 is 0 Å². The van der Waals surface area contributed by atoms with Crippen LogP contribution in [0.5, 0.6) is 0 Å². The van der Waals surface area contributed by atoms with Crippen LogP contribution in [0.15, 0.2) is 36.4 Å². The van der Waals surface area contributed by atoms with Crippen molar-refractivity contribution in [3.05, 3.63) is 52.8 Å². The van der Waals surface area contributed by atoms with Crippen LogP contribution in [0.4, 0.5) is 23.3 Å². The molecule has 0 saturated heterocycles. The maximum atomic E-state index is 6.17. The summed E-state index contributed by atoms with van der Waals surface area (Å²) in [6.45, 7) is 1.92. The Morgan fingerprint density at radius 1 is 1.08 bits per heavy atom. The van der Waals surface area contributed by atoms with E-state index in [1.807, 2.05) is 43.3 Å². The van der Waals surface area contributed by atoms with Gasteiger partial charge in [0.05, 0.1) is 10.7 Å². The maximum absolute atomic E-state index is 6.17. The lowest BCUT2D eigenvalue weighted by molar-refractivity contribution is 0.966. The van der Waals surface area contributed by atoms with Crippen molar-refractivity contribution in [2.24, 2.45) is 0 Å². The fourth-order valence-electron chi connectivity index (χ4n) is 2.51.